The van der Waals surface area contributed by atoms with E-state index in [0.717, 1.165) is 36.6 Å². The number of benzene rings is 1. The van der Waals surface area contributed by atoms with Gasteiger partial charge < -0.3 is 10.2 Å². The summed E-state index contributed by atoms with van der Waals surface area (Å²) in [4.78, 5) is 14.3. The van der Waals surface area contributed by atoms with Crippen LogP contribution in [-0.2, 0) is 6.18 Å². The number of para-hydroxylation sites is 1. The average molecular weight is 418 g/mol. The number of alkyl halides is 3. The molecule has 0 spiro atoms. The lowest BCUT2D eigenvalue weighted by Gasteiger charge is -2.31. The highest BCUT2D eigenvalue weighted by molar-refractivity contribution is 5.92. The molecular weight excluding hydrogens is 395 g/mol. The van der Waals surface area contributed by atoms with Crippen LogP contribution in [0.3, 0.4) is 0 Å². The Balaban J connectivity index is 0.00000280. The van der Waals surface area contributed by atoms with E-state index < -0.39 is 11.7 Å². The van der Waals surface area contributed by atoms with Gasteiger partial charge in [-0.3, -0.25) is 4.79 Å². The summed E-state index contributed by atoms with van der Waals surface area (Å²) in [5, 5.41) is 10.7. The van der Waals surface area contributed by atoms with E-state index in [0.29, 0.717) is 19.0 Å². The van der Waals surface area contributed by atoms with E-state index in [2.05, 4.69) is 15.6 Å². The van der Waals surface area contributed by atoms with Crippen LogP contribution in [0, 0.1) is 5.92 Å². The minimum atomic E-state index is -4.51. The van der Waals surface area contributed by atoms with Crippen molar-refractivity contribution in [1.82, 2.24) is 25.2 Å². The van der Waals surface area contributed by atoms with Gasteiger partial charge in [0, 0.05) is 13.1 Å². The molecule has 154 valence electrons. The molecule has 2 heterocycles. The smallest absolute Gasteiger partial charge is 0.337 e. The second kappa shape index (κ2) is 9.38. The van der Waals surface area contributed by atoms with Crippen LogP contribution in [0.25, 0.3) is 5.69 Å². The predicted octanol–water partition coefficient (Wildman–Crippen LogP) is 3.17. The third kappa shape index (κ3) is 5.02. The quantitative estimate of drug-likeness (QED) is 0.811. The Labute approximate surface area is 167 Å². The van der Waals surface area contributed by atoms with Gasteiger partial charge in [0.25, 0.3) is 5.91 Å². The third-order valence-electron chi connectivity index (χ3n) is 4.87. The maximum Gasteiger partial charge on any atom is 0.418 e. The van der Waals surface area contributed by atoms with E-state index >= 15 is 0 Å². The van der Waals surface area contributed by atoms with Gasteiger partial charge >= 0.3 is 6.18 Å². The Kier molecular flexibility index (Phi) is 7.42. The van der Waals surface area contributed by atoms with Crippen LogP contribution >= 0.6 is 12.4 Å². The Hall–Kier alpha value is -2.13. The topological polar surface area (TPSA) is 63.1 Å². The summed E-state index contributed by atoms with van der Waals surface area (Å²) >= 11 is 0. The van der Waals surface area contributed by atoms with Crippen LogP contribution in [-0.4, -0.2) is 52.5 Å². The molecule has 2 aromatic rings. The molecule has 1 aliphatic rings. The molecule has 0 atom stereocenters. The first-order chi connectivity index (χ1) is 12.9. The molecule has 0 bridgehead atoms. The van der Waals surface area contributed by atoms with Gasteiger partial charge in [-0.25, -0.2) is 4.68 Å². The number of hydrogen-bond donors (Lipinski definition) is 1. The second-order valence-electron chi connectivity index (χ2n) is 6.69. The molecule has 28 heavy (non-hydrogen) atoms. The molecule has 1 fully saturated rings. The van der Waals surface area contributed by atoms with Gasteiger partial charge in [0.2, 0.25) is 0 Å². The number of likely N-dealkylation sites (tertiary alicyclic amines) is 1. The summed E-state index contributed by atoms with van der Waals surface area (Å²) < 4.78 is 40.5. The largest absolute Gasteiger partial charge is 0.418 e. The molecule has 0 aliphatic carbocycles. The SMILES string of the molecule is CNCCC1CCN(C(=O)c2cn(-c3ccccc3C(F)(F)F)nn2)CC1.Cl. The minimum absolute atomic E-state index is 0. The highest BCUT2D eigenvalue weighted by Crippen LogP contribution is 2.33. The standard InChI is InChI=1S/C18H22F3N5O.ClH/c1-22-9-6-13-7-10-25(11-8-13)17(27)15-12-26(24-23-15)16-5-3-2-4-14(16)18(19,20)21;/h2-5,12-13,22H,6-11H2,1H3;1H. The van der Waals surface area contributed by atoms with Crippen molar-refractivity contribution in [1.29, 1.82) is 0 Å². The van der Waals surface area contributed by atoms with Gasteiger partial charge in [0.05, 0.1) is 17.4 Å². The van der Waals surface area contributed by atoms with Crippen LogP contribution in [0.5, 0.6) is 0 Å². The van der Waals surface area contributed by atoms with Crippen molar-refractivity contribution < 1.29 is 18.0 Å². The summed E-state index contributed by atoms with van der Waals surface area (Å²) in [6, 6.07) is 5.09. The highest BCUT2D eigenvalue weighted by Gasteiger charge is 2.34. The first-order valence-electron chi connectivity index (χ1n) is 8.93. The molecule has 1 aliphatic heterocycles. The van der Waals surface area contributed by atoms with Crippen LogP contribution in [0.4, 0.5) is 13.2 Å². The molecule has 0 saturated carbocycles. The minimum Gasteiger partial charge on any atom is -0.337 e. The van der Waals surface area contributed by atoms with Crippen molar-refractivity contribution in [2.45, 2.75) is 25.4 Å². The molecule has 1 N–H and O–H groups in total. The molecule has 10 heteroatoms. The molecule has 0 unspecified atom stereocenters. The van der Waals surface area contributed by atoms with Gasteiger partial charge in [-0.1, -0.05) is 17.3 Å². The fourth-order valence-corrected chi connectivity index (χ4v) is 3.33. The van der Waals surface area contributed by atoms with Gasteiger partial charge in [-0.15, -0.1) is 17.5 Å². The third-order valence-corrected chi connectivity index (χ3v) is 4.87. The summed E-state index contributed by atoms with van der Waals surface area (Å²) in [5.41, 5.74) is -0.915. The summed E-state index contributed by atoms with van der Waals surface area (Å²) in [7, 11) is 1.92. The van der Waals surface area contributed by atoms with Gasteiger partial charge in [0.15, 0.2) is 5.69 Å². The summed E-state index contributed by atoms with van der Waals surface area (Å²) in [6.45, 7) is 2.20. The molecular formula is C18H23ClF3N5O. The fraction of sp³-hybridized carbons (Fsp3) is 0.500. The zero-order valence-corrected chi connectivity index (χ0v) is 16.3. The molecule has 1 saturated heterocycles. The fourth-order valence-electron chi connectivity index (χ4n) is 3.33. The van der Waals surface area contributed by atoms with E-state index in [1.54, 1.807) is 4.90 Å². The Morgan fingerprint density at radius 2 is 1.93 bits per heavy atom. The number of carbonyl (C=O) groups is 1. The molecule has 3 rings (SSSR count). The van der Waals surface area contributed by atoms with Gasteiger partial charge in [0.1, 0.15) is 0 Å². The predicted molar refractivity (Wildman–Crippen MR) is 101 cm³/mol. The van der Waals surface area contributed by atoms with Crippen molar-refractivity contribution in [3.05, 3.63) is 41.7 Å². The average Bonchev–Trinajstić information content (AvgIpc) is 3.15. The maximum absolute atomic E-state index is 13.2. The first kappa shape index (κ1) is 22.2. The Bertz CT molecular complexity index is 788. The van der Waals surface area contributed by atoms with Crippen molar-refractivity contribution in [3.8, 4) is 5.69 Å². The van der Waals surface area contributed by atoms with Crippen LogP contribution in [0.2, 0.25) is 0 Å². The zero-order valence-electron chi connectivity index (χ0n) is 15.4. The molecule has 6 nitrogen and oxygen atoms in total. The van der Waals surface area contributed by atoms with Crippen LogP contribution < -0.4 is 5.32 Å². The van der Waals surface area contributed by atoms with Crippen molar-refractivity contribution in [2.24, 2.45) is 5.92 Å². The number of amides is 1. The summed E-state index contributed by atoms with van der Waals surface area (Å²) in [6.07, 6.45) is -0.345. The molecule has 1 amide bonds. The zero-order chi connectivity index (χ0) is 19.4. The molecule has 1 aromatic carbocycles. The lowest BCUT2D eigenvalue weighted by molar-refractivity contribution is -0.137. The number of nitrogens with one attached hydrogen (secondary N) is 1. The lowest BCUT2D eigenvalue weighted by Crippen LogP contribution is -2.39. The van der Waals surface area contributed by atoms with E-state index in [1.807, 2.05) is 7.05 Å². The summed E-state index contributed by atoms with van der Waals surface area (Å²) in [5.74, 6) is 0.286. The van der Waals surface area contributed by atoms with E-state index in [1.165, 1.54) is 24.4 Å². The Morgan fingerprint density at radius 1 is 1.25 bits per heavy atom. The van der Waals surface area contributed by atoms with Gasteiger partial charge in [-0.2, -0.15) is 13.2 Å². The maximum atomic E-state index is 13.2. The molecule has 1 aromatic heterocycles. The number of hydrogen-bond acceptors (Lipinski definition) is 4. The monoisotopic (exact) mass is 417 g/mol. The van der Waals surface area contributed by atoms with E-state index in [9.17, 15) is 18.0 Å². The van der Waals surface area contributed by atoms with Crippen LogP contribution in [0.1, 0.15) is 35.3 Å². The lowest BCUT2D eigenvalue weighted by atomic mass is 9.93. The number of nitrogens with zero attached hydrogens (tertiary/aromatic N) is 4. The molecule has 0 radical (unpaired) electrons. The van der Waals surface area contributed by atoms with Crippen LogP contribution in [0.15, 0.2) is 30.5 Å². The van der Waals surface area contributed by atoms with E-state index in [4.69, 9.17) is 0 Å². The van der Waals surface area contributed by atoms with E-state index in [-0.39, 0.29) is 29.7 Å². The number of halogens is 4. The van der Waals surface area contributed by atoms with Crippen molar-refractivity contribution >= 4 is 18.3 Å². The number of piperidine rings is 1. The Morgan fingerprint density at radius 3 is 2.57 bits per heavy atom. The number of rotatable bonds is 5. The second-order valence-corrected chi connectivity index (χ2v) is 6.69. The highest BCUT2D eigenvalue weighted by atomic mass is 35.5. The van der Waals surface area contributed by atoms with Crippen molar-refractivity contribution in [2.75, 3.05) is 26.7 Å². The van der Waals surface area contributed by atoms with Gasteiger partial charge in [-0.05, 0) is 50.9 Å². The number of carbonyl (C=O) groups excluding carboxylic acids is 1. The number of aromatic nitrogens is 3. The first-order valence-corrected chi connectivity index (χ1v) is 8.93. The normalized spacial score (nSPS) is 15.4. The van der Waals surface area contributed by atoms with Crippen molar-refractivity contribution in [3.63, 3.8) is 0 Å².